The third-order valence-corrected chi connectivity index (χ3v) is 16.1. The lowest BCUT2D eigenvalue weighted by molar-refractivity contribution is -0.384. The van der Waals surface area contributed by atoms with Crippen molar-refractivity contribution in [2.24, 2.45) is 5.41 Å². The summed E-state index contributed by atoms with van der Waals surface area (Å²) < 4.78 is 67.6. The Morgan fingerprint density at radius 2 is 1.71 bits per heavy atom. The van der Waals surface area contributed by atoms with Gasteiger partial charge in [0, 0.05) is 106 Å². The molecule has 2 aromatic heterocycles. The monoisotopic (exact) mass is 987 g/mol. The molecule has 1 amide bonds. The van der Waals surface area contributed by atoms with Crippen LogP contribution in [-0.4, -0.2) is 136 Å². The number of piperazine rings is 2. The van der Waals surface area contributed by atoms with Crippen molar-refractivity contribution in [2.75, 3.05) is 88.5 Å². The number of ether oxygens (including phenoxy) is 2. The van der Waals surface area contributed by atoms with Crippen molar-refractivity contribution in [2.45, 2.75) is 44.0 Å². The summed E-state index contributed by atoms with van der Waals surface area (Å²) in [5.41, 5.74) is 5.05. The van der Waals surface area contributed by atoms with Crippen LogP contribution in [-0.2, 0) is 20.0 Å². The van der Waals surface area contributed by atoms with Crippen LogP contribution in [0.5, 0.6) is 17.2 Å². The van der Waals surface area contributed by atoms with E-state index in [2.05, 4.69) is 55.8 Å². The van der Waals surface area contributed by atoms with Gasteiger partial charge in [-0.3, -0.25) is 24.7 Å². The molecular formula is C47H54ClN9O9S2. The van der Waals surface area contributed by atoms with E-state index in [-0.39, 0.29) is 34.8 Å². The molecule has 3 aliphatic heterocycles. The molecule has 0 bridgehead atoms. The van der Waals surface area contributed by atoms with E-state index in [1.807, 2.05) is 23.1 Å². The number of fused-ring (bicyclic) bond motifs is 2. The number of hydrogen-bond donors (Lipinski definition) is 3. The van der Waals surface area contributed by atoms with Crippen LogP contribution in [0.4, 0.5) is 17.1 Å². The van der Waals surface area contributed by atoms with E-state index in [9.17, 15) is 31.7 Å². The van der Waals surface area contributed by atoms with E-state index >= 15 is 0 Å². The molecule has 2 fully saturated rings. The highest BCUT2D eigenvalue weighted by atomic mass is 35.5. The molecule has 3 aromatic carbocycles. The van der Waals surface area contributed by atoms with Gasteiger partial charge in [0.1, 0.15) is 23.8 Å². The Hall–Kier alpha value is -5.77. The minimum atomic E-state index is -4.71. The summed E-state index contributed by atoms with van der Waals surface area (Å²) in [5, 5.41) is 17.0. The highest BCUT2D eigenvalue weighted by Gasteiger charge is 2.34. The van der Waals surface area contributed by atoms with Crippen LogP contribution in [0.2, 0.25) is 5.02 Å². The van der Waals surface area contributed by atoms with E-state index in [1.54, 1.807) is 24.4 Å². The van der Waals surface area contributed by atoms with Gasteiger partial charge in [-0.25, -0.2) is 26.5 Å². The molecule has 18 nitrogen and oxygen atoms in total. The summed E-state index contributed by atoms with van der Waals surface area (Å²) in [6.07, 6.45) is 7.56. The van der Waals surface area contributed by atoms with Gasteiger partial charge in [-0.15, -0.1) is 0 Å². The number of nitro groups is 1. The second kappa shape index (κ2) is 19.0. The maximum Gasteiger partial charge on any atom is 0.297 e. The Kier molecular flexibility index (Phi) is 13.2. The summed E-state index contributed by atoms with van der Waals surface area (Å²) in [6, 6.07) is 18.3. The third-order valence-electron chi connectivity index (χ3n) is 13.2. The minimum absolute atomic E-state index is 0.00390. The number of pyridine rings is 1. The van der Waals surface area contributed by atoms with Crippen LogP contribution in [0.3, 0.4) is 0 Å². The molecule has 9 rings (SSSR count). The number of hydrogen-bond acceptors (Lipinski definition) is 14. The molecule has 2 saturated heterocycles. The van der Waals surface area contributed by atoms with Crippen LogP contribution in [0.1, 0.15) is 49.0 Å². The standard InChI is InChI=1S/C47H54ClN9O9S2/c1-47(2)12-10-33(40(26-47)31-4-6-34(48)7-5-31)28-53-14-18-55(19-15-53)36-8-9-39(42(23-36)66-37-22-32-11-13-49-45(32)50-27-37)46(58)52-68(63,64)38-24-41(57(59)60)44-43(25-38)65-30-35(51-44)29-54-16-20-56(21-17-54)67(3,61)62/h4-9,11,13,22-25,27,35,51H,10,12,14-21,26,28-30H2,1-3H3,(H,49,50)(H,52,58)/t35-/m1/s1. The fraction of sp³-hybridized carbons (Fsp3) is 0.404. The van der Waals surface area contributed by atoms with Crippen LogP contribution >= 0.6 is 11.6 Å². The lowest BCUT2D eigenvalue weighted by atomic mass is 9.72. The molecule has 1 atom stereocenters. The van der Waals surface area contributed by atoms with Crippen molar-refractivity contribution in [1.29, 1.82) is 0 Å². The smallest absolute Gasteiger partial charge is 0.297 e. The van der Waals surface area contributed by atoms with E-state index in [0.717, 1.165) is 62.1 Å². The average molecular weight is 989 g/mol. The number of carbonyl (C=O) groups is 1. The Labute approximate surface area is 400 Å². The zero-order valence-electron chi connectivity index (χ0n) is 38.0. The predicted octanol–water partition coefficient (Wildman–Crippen LogP) is 6.57. The third kappa shape index (κ3) is 10.6. The van der Waals surface area contributed by atoms with Crippen LogP contribution in [0.25, 0.3) is 16.6 Å². The Morgan fingerprint density at radius 1 is 0.971 bits per heavy atom. The number of allylic oxidation sites excluding steroid dienone is 1. The van der Waals surface area contributed by atoms with Gasteiger partial charge in [0.15, 0.2) is 11.4 Å². The summed E-state index contributed by atoms with van der Waals surface area (Å²) >= 11 is 6.25. The second-order valence-electron chi connectivity index (χ2n) is 18.7. The highest BCUT2D eigenvalue weighted by Crippen LogP contribution is 2.44. The number of sulfonamides is 2. The first kappa shape index (κ1) is 47.3. The molecule has 21 heteroatoms. The number of benzene rings is 3. The van der Waals surface area contributed by atoms with Gasteiger partial charge < -0.3 is 24.7 Å². The van der Waals surface area contributed by atoms with Gasteiger partial charge in [0.05, 0.1) is 33.9 Å². The Balaban J connectivity index is 0.919. The molecule has 0 radical (unpaired) electrons. The number of aromatic nitrogens is 2. The number of nitro benzene ring substituents is 1. The van der Waals surface area contributed by atoms with Crippen LogP contribution < -0.4 is 24.4 Å². The van der Waals surface area contributed by atoms with Gasteiger partial charge in [-0.1, -0.05) is 43.2 Å². The second-order valence-corrected chi connectivity index (χ2v) is 22.8. The number of halogens is 1. The number of rotatable bonds is 13. The Morgan fingerprint density at radius 3 is 2.43 bits per heavy atom. The number of nitrogens with zero attached hydrogens (tertiary/aromatic N) is 6. The summed E-state index contributed by atoms with van der Waals surface area (Å²) in [5.74, 6) is -0.666. The van der Waals surface area contributed by atoms with Crippen molar-refractivity contribution in [3.63, 3.8) is 0 Å². The largest absolute Gasteiger partial charge is 0.489 e. The van der Waals surface area contributed by atoms with Crippen molar-refractivity contribution in [1.82, 2.24) is 28.8 Å². The molecule has 3 N–H and O–H groups in total. The molecule has 68 heavy (non-hydrogen) atoms. The maximum atomic E-state index is 14.1. The van der Waals surface area contributed by atoms with Crippen LogP contribution in [0, 0.1) is 15.5 Å². The Bertz CT molecular complexity index is 3000. The SMILES string of the molecule is CC1(C)CCC(CN2CCN(c3ccc(C(=O)NS(=O)(=O)c4cc5c(c([N+](=O)[O-])c4)N[C@H](CN4CCN(S(C)(=O)=O)CC4)CO5)c(Oc4cnc5[nH]ccc5c4)c3)CC2)=C(c2ccc(Cl)cc2)C1. The molecule has 0 spiro atoms. The first-order chi connectivity index (χ1) is 32.4. The van der Waals surface area contributed by atoms with Crippen molar-refractivity contribution in [3.8, 4) is 17.2 Å². The fourth-order valence-corrected chi connectivity index (χ4v) is 11.4. The summed E-state index contributed by atoms with van der Waals surface area (Å²) in [6.45, 7) is 10.5. The van der Waals surface area contributed by atoms with Gasteiger partial charge in [0.25, 0.3) is 21.6 Å². The van der Waals surface area contributed by atoms with Gasteiger partial charge >= 0.3 is 0 Å². The van der Waals surface area contributed by atoms with Gasteiger partial charge in [0.2, 0.25) is 10.0 Å². The molecule has 1 aliphatic carbocycles. The van der Waals surface area contributed by atoms with Gasteiger partial charge in [-0.2, -0.15) is 4.31 Å². The van der Waals surface area contributed by atoms with E-state index < -0.39 is 47.5 Å². The molecule has 0 saturated carbocycles. The quantitative estimate of drug-likeness (QED) is 0.0842. The summed E-state index contributed by atoms with van der Waals surface area (Å²) in [4.78, 5) is 39.4. The number of carbonyl (C=O) groups excluding carboxylic acids is 1. The topological polar surface area (TPSA) is 213 Å². The zero-order valence-corrected chi connectivity index (χ0v) is 40.4. The predicted molar refractivity (Wildman–Crippen MR) is 261 cm³/mol. The normalized spacial score (nSPS) is 19.5. The number of amides is 1. The maximum absolute atomic E-state index is 14.1. The first-order valence-corrected chi connectivity index (χ1v) is 26.2. The number of aromatic amines is 1. The zero-order chi connectivity index (χ0) is 48.0. The molecular weight excluding hydrogens is 934 g/mol. The number of H-pyrrole nitrogens is 1. The molecule has 5 heterocycles. The first-order valence-electron chi connectivity index (χ1n) is 22.5. The fourth-order valence-electron chi connectivity index (χ4n) is 9.44. The van der Waals surface area contributed by atoms with Crippen molar-refractivity contribution >= 4 is 71.2 Å². The average Bonchev–Trinajstić information content (AvgIpc) is 3.77. The highest BCUT2D eigenvalue weighted by molar-refractivity contribution is 7.90. The molecule has 5 aromatic rings. The lowest BCUT2D eigenvalue weighted by Crippen LogP contribution is -2.52. The summed E-state index contributed by atoms with van der Waals surface area (Å²) in [7, 11) is -8.03. The minimum Gasteiger partial charge on any atom is -0.489 e. The molecule has 4 aliphatic rings. The van der Waals surface area contributed by atoms with E-state index in [0.29, 0.717) is 62.2 Å². The number of anilines is 2. The van der Waals surface area contributed by atoms with E-state index in [1.165, 1.54) is 39.5 Å². The van der Waals surface area contributed by atoms with E-state index in [4.69, 9.17) is 21.1 Å². The van der Waals surface area contributed by atoms with Crippen molar-refractivity contribution < 1.29 is 36.0 Å². The molecule has 0 unspecified atom stereocenters. The lowest BCUT2D eigenvalue weighted by Gasteiger charge is -2.39. The molecule has 360 valence electrons. The number of nitrogens with one attached hydrogen (secondary N) is 3. The van der Waals surface area contributed by atoms with Gasteiger partial charge in [-0.05, 0) is 72.2 Å². The van der Waals surface area contributed by atoms with Crippen molar-refractivity contribution in [3.05, 3.63) is 111 Å². The van der Waals surface area contributed by atoms with Crippen LogP contribution in [0.15, 0.2) is 89.6 Å².